The summed E-state index contributed by atoms with van der Waals surface area (Å²) >= 11 is 0. The smallest absolute Gasteiger partial charge is 0.0908 e. The van der Waals surface area contributed by atoms with Crippen molar-refractivity contribution in [3.63, 3.8) is 0 Å². The Morgan fingerprint density at radius 2 is 0.464 bits per heavy atom. The van der Waals surface area contributed by atoms with E-state index in [-0.39, 0.29) is 50.8 Å². The Kier molecular flexibility index (Phi) is 32.6. The van der Waals surface area contributed by atoms with Crippen LogP contribution in [0.2, 0.25) is 0 Å². The van der Waals surface area contributed by atoms with E-state index in [0.717, 1.165) is 12.3 Å². The Balaban J connectivity index is 2.00. The summed E-state index contributed by atoms with van der Waals surface area (Å²) in [5.74, 6) is 0. The first kappa shape index (κ1) is 52.4. The summed E-state index contributed by atoms with van der Waals surface area (Å²) in [6.07, 6.45) is 2.00. The Morgan fingerprint density at radius 1 is 0.286 bits per heavy atom. The Labute approximate surface area is 338 Å². The van der Waals surface area contributed by atoms with Gasteiger partial charge in [0.1, 0.15) is 0 Å². The van der Waals surface area contributed by atoms with Crippen molar-refractivity contribution in [3.05, 3.63) is 0 Å². The Morgan fingerprint density at radius 3 is 0.661 bits per heavy atom. The van der Waals surface area contributed by atoms with Crippen LogP contribution in [0.3, 0.4) is 0 Å². The molecule has 2 heterocycles. The van der Waals surface area contributed by atoms with Crippen molar-refractivity contribution in [2.24, 2.45) is 0 Å². The fourth-order valence-corrected chi connectivity index (χ4v) is 14.6. The van der Waals surface area contributed by atoms with Gasteiger partial charge in [0.05, 0.1) is 183 Å². The number of hydrogen-bond donors (Lipinski definition) is 4. The van der Waals surface area contributed by atoms with Crippen LogP contribution < -0.4 is 0 Å². The number of hydrogen-bond acceptors (Lipinski definition) is 16. The van der Waals surface area contributed by atoms with Crippen molar-refractivity contribution in [2.75, 3.05) is 171 Å². The van der Waals surface area contributed by atoms with E-state index in [1.165, 1.54) is 0 Å². The maximum Gasteiger partial charge on any atom is 0.0908 e. The van der Waals surface area contributed by atoms with Gasteiger partial charge in [-0.25, -0.2) is 0 Å². The first-order valence-electron chi connectivity index (χ1n) is 20.5. The second kappa shape index (κ2) is 34.9. The van der Waals surface area contributed by atoms with Gasteiger partial charge in [-0.2, -0.15) is 0 Å². The second-order valence-corrected chi connectivity index (χ2v) is 19.8. The third kappa shape index (κ3) is 21.1. The molecular weight excluding hydrogens is 774 g/mol. The zero-order valence-corrected chi connectivity index (χ0v) is 36.4. The van der Waals surface area contributed by atoms with Crippen molar-refractivity contribution in [2.45, 2.75) is 74.7 Å². The number of rotatable bonds is 39. The summed E-state index contributed by atoms with van der Waals surface area (Å²) < 4.78 is 70.1. The summed E-state index contributed by atoms with van der Waals surface area (Å²) in [6, 6.07) is 0. The van der Waals surface area contributed by atoms with Crippen LogP contribution in [0.4, 0.5) is 0 Å². The predicted octanol–water partition coefficient (Wildman–Crippen LogP) is 1.17. The van der Waals surface area contributed by atoms with Gasteiger partial charge in [-0.1, -0.05) is 43.5 Å². The standard InChI is InChI=1S/C38H76O16P2/c1-31-35(51-25-21-47-17-13-43-9-5-39)36(52-26-22-48-18-14-44-10-6-40)32(2)55(31)29-30-56-33(3)37(53-27-23-49-19-15-45-11-7-41)38(34(56)4)54-28-24-50-20-16-46-12-8-42/h31-42H,5-30H2,1-4H3/t31-,32-,33-,34-,35+,36+,37+,38+/m0/s1. The minimum atomic E-state index is -0.423. The molecule has 0 saturated carbocycles. The van der Waals surface area contributed by atoms with E-state index in [1.54, 1.807) is 0 Å². The summed E-state index contributed by atoms with van der Waals surface area (Å²) in [5, 5.41) is 35.6. The van der Waals surface area contributed by atoms with Gasteiger partial charge >= 0.3 is 0 Å². The molecule has 0 unspecified atom stereocenters. The largest absolute Gasteiger partial charge is 0.394 e. The maximum atomic E-state index is 8.90. The van der Waals surface area contributed by atoms with Crippen LogP contribution >= 0.6 is 15.8 Å². The predicted molar refractivity (Wildman–Crippen MR) is 215 cm³/mol. The minimum absolute atomic E-state index is 0.00434. The normalized spacial score (nSPS) is 27.9. The zero-order chi connectivity index (χ0) is 40.6. The minimum Gasteiger partial charge on any atom is -0.394 e. The molecule has 8 atom stereocenters. The highest BCUT2D eigenvalue weighted by Gasteiger charge is 2.50. The molecule has 0 aromatic rings. The zero-order valence-electron chi connectivity index (χ0n) is 34.6. The van der Waals surface area contributed by atoms with E-state index >= 15 is 0 Å². The number of aliphatic hydroxyl groups excluding tert-OH is 4. The van der Waals surface area contributed by atoms with Crippen molar-refractivity contribution in [1.29, 1.82) is 0 Å². The Bertz CT molecular complexity index is 756. The van der Waals surface area contributed by atoms with Crippen LogP contribution in [0.1, 0.15) is 27.7 Å². The van der Waals surface area contributed by atoms with Gasteiger partial charge in [-0.3, -0.25) is 0 Å². The van der Waals surface area contributed by atoms with Gasteiger partial charge in [0.25, 0.3) is 0 Å². The molecule has 18 heteroatoms. The molecule has 0 aliphatic carbocycles. The van der Waals surface area contributed by atoms with E-state index in [4.69, 9.17) is 77.3 Å². The average molecular weight is 851 g/mol. The number of aliphatic hydroxyl groups is 4. The van der Waals surface area contributed by atoms with Gasteiger partial charge < -0.3 is 77.3 Å². The van der Waals surface area contributed by atoms with E-state index in [2.05, 4.69) is 27.7 Å². The van der Waals surface area contributed by atoms with Gasteiger partial charge in [0.2, 0.25) is 0 Å². The van der Waals surface area contributed by atoms with Crippen molar-refractivity contribution in [1.82, 2.24) is 0 Å². The van der Waals surface area contributed by atoms with Gasteiger partial charge in [-0.05, 0) is 12.3 Å². The Hall–Kier alpha value is 0.220. The van der Waals surface area contributed by atoms with Crippen LogP contribution in [0.15, 0.2) is 0 Å². The van der Waals surface area contributed by atoms with Crippen LogP contribution in [0.5, 0.6) is 0 Å². The topological polar surface area (TPSA) is 192 Å². The highest BCUT2D eigenvalue weighted by atomic mass is 31.1. The van der Waals surface area contributed by atoms with Crippen LogP contribution in [-0.4, -0.2) is 238 Å². The lowest BCUT2D eigenvalue weighted by Gasteiger charge is -2.28. The molecule has 2 aliphatic rings. The molecule has 56 heavy (non-hydrogen) atoms. The van der Waals surface area contributed by atoms with Crippen LogP contribution in [0, 0.1) is 0 Å². The molecule has 2 rings (SSSR count). The molecule has 0 bridgehead atoms. The van der Waals surface area contributed by atoms with E-state index < -0.39 is 15.8 Å². The lowest BCUT2D eigenvalue weighted by atomic mass is 10.1. The van der Waals surface area contributed by atoms with Crippen molar-refractivity contribution in [3.8, 4) is 0 Å². The maximum absolute atomic E-state index is 8.90. The quantitative estimate of drug-likeness (QED) is 0.0509. The lowest BCUT2D eigenvalue weighted by Crippen LogP contribution is -2.37. The first-order valence-corrected chi connectivity index (χ1v) is 23.8. The molecule has 0 radical (unpaired) electrons. The fourth-order valence-electron chi connectivity index (χ4n) is 7.10. The average Bonchev–Trinajstić information content (AvgIpc) is 3.55. The highest BCUT2D eigenvalue weighted by Crippen LogP contribution is 2.62. The summed E-state index contributed by atoms with van der Waals surface area (Å²) in [4.78, 5) is 0. The fraction of sp³-hybridized carbons (Fsp3) is 1.00. The molecule has 2 aliphatic heterocycles. The monoisotopic (exact) mass is 850 g/mol. The van der Waals surface area contributed by atoms with Crippen LogP contribution in [0.25, 0.3) is 0 Å². The summed E-state index contributed by atoms with van der Waals surface area (Å²) in [6.45, 7) is 17.6. The molecule has 0 amide bonds. The molecule has 2 fully saturated rings. The SMILES string of the molecule is C[C@H]1[C@@H](OCCOCCOCCO)[C@H](OCCOCCOCCO)[C@H](C)P1CCP1[C@@H](C)[C@@H](OCCOCCOCCO)[C@H](OCCOCCOCCO)[C@@H]1C. The van der Waals surface area contributed by atoms with E-state index in [0.29, 0.717) is 155 Å². The molecule has 2 saturated heterocycles. The van der Waals surface area contributed by atoms with E-state index in [1.807, 2.05) is 0 Å². The van der Waals surface area contributed by atoms with Crippen LogP contribution in [-0.2, 0) is 56.8 Å². The molecule has 16 nitrogen and oxygen atoms in total. The van der Waals surface area contributed by atoms with Crippen molar-refractivity contribution < 1.29 is 77.3 Å². The summed E-state index contributed by atoms with van der Waals surface area (Å²) in [7, 11) is -0.845. The van der Waals surface area contributed by atoms with Gasteiger partial charge in [-0.15, -0.1) is 0 Å². The highest BCUT2D eigenvalue weighted by molar-refractivity contribution is 7.63. The molecule has 0 spiro atoms. The first-order chi connectivity index (χ1) is 27.4. The summed E-state index contributed by atoms with van der Waals surface area (Å²) in [5.41, 5.74) is 1.35. The lowest BCUT2D eigenvalue weighted by molar-refractivity contribution is -0.0888. The molecule has 4 N–H and O–H groups in total. The number of ether oxygens (including phenoxy) is 12. The molecule has 0 aromatic heterocycles. The van der Waals surface area contributed by atoms with Crippen molar-refractivity contribution >= 4 is 15.8 Å². The van der Waals surface area contributed by atoms with Gasteiger partial charge in [0, 0.05) is 22.6 Å². The molecule has 0 aromatic carbocycles. The molecular formula is C38H76O16P2. The van der Waals surface area contributed by atoms with Gasteiger partial charge in [0.15, 0.2) is 0 Å². The molecule has 334 valence electrons. The second-order valence-electron chi connectivity index (χ2n) is 13.6. The van der Waals surface area contributed by atoms with E-state index in [9.17, 15) is 0 Å². The third-order valence-electron chi connectivity index (χ3n) is 9.84. The third-order valence-corrected chi connectivity index (χ3v) is 17.0.